The van der Waals surface area contributed by atoms with Crippen LogP contribution in [0.2, 0.25) is 5.28 Å². The topological polar surface area (TPSA) is 130 Å². The van der Waals surface area contributed by atoms with Gasteiger partial charge >= 0.3 is 11.9 Å². The maximum atomic E-state index is 14.2. The van der Waals surface area contributed by atoms with Gasteiger partial charge in [-0.15, -0.1) is 12.4 Å². The molecular formula is C35H37Cl2F4N5O4. The van der Waals surface area contributed by atoms with Crippen LogP contribution in [0.3, 0.4) is 0 Å². The molecule has 0 spiro atoms. The highest BCUT2D eigenvalue weighted by molar-refractivity contribution is 6.28. The molecule has 15 heteroatoms. The maximum Gasteiger partial charge on any atom is 0.341 e. The highest BCUT2D eigenvalue weighted by Gasteiger charge is 2.41. The summed E-state index contributed by atoms with van der Waals surface area (Å²) in [5, 5.41) is 0.114. The Labute approximate surface area is 298 Å². The molecule has 2 fully saturated rings. The van der Waals surface area contributed by atoms with Crippen LogP contribution < -0.4 is 5.73 Å². The minimum Gasteiger partial charge on any atom is -0.462 e. The van der Waals surface area contributed by atoms with Crippen molar-refractivity contribution >= 4 is 35.9 Å². The van der Waals surface area contributed by atoms with Crippen LogP contribution in [0.5, 0.6) is 0 Å². The third-order valence-corrected chi connectivity index (χ3v) is 8.57. The van der Waals surface area contributed by atoms with Crippen LogP contribution in [0.15, 0.2) is 61.2 Å². The summed E-state index contributed by atoms with van der Waals surface area (Å²) in [6, 6.07) is 7.30. The van der Waals surface area contributed by atoms with E-state index in [1.165, 1.54) is 49.1 Å². The van der Waals surface area contributed by atoms with Crippen LogP contribution in [0.25, 0.3) is 0 Å². The van der Waals surface area contributed by atoms with Gasteiger partial charge in [0.2, 0.25) is 5.28 Å². The molecule has 2 heterocycles. The molecular weight excluding hydrogens is 701 g/mol. The Morgan fingerprint density at radius 1 is 0.740 bits per heavy atom. The summed E-state index contributed by atoms with van der Waals surface area (Å²) in [6.07, 6.45) is 11.1. The van der Waals surface area contributed by atoms with E-state index >= 15 is 0 Å². The number of esters is 2. The highest BCUT2D eigenvalue weighted by Crippen LogP contribution is 2.46. The summed E-state index contributed by atoms with van der Waals surface area (Å²) in [6.45, 7) is 4.08. The van der Waals surface area contributed by atoms with Gasteiger partial charge in [-0.05, 0) is 75.2 Å². The number of carbonyl (C=O) groups is 2. The van der Waals surface area contributed by atoms with E-state index in [1.807, 2.05) is 0 Å². The lowest BCUT2D eigenvalue weighted by Crippen LogP contribution is -2.44. The fourth-order valence-electron chi connectivity index (χ4n) is 5.49. The first kappa shape index (κ1) is 40.2. The van der Waals surface area contributed by atoms with Crippen molar-refractivity contribution < 1.29 is 36.6 Å². The normalized spacial score (nSPS) is 14.9. The van der Waals surface area contributed by atoms with Gasteiger partial charge in [0.15, 0.2) is 0 Å². The quantitative estimate of drug-likeness (QED) is 0.110. The molecule has 0 atom stereocenters. The van der Waals surface area contributed by atoms with Crippen molar-refractivity contribution in [3.05, 3.63) is 118 Å². The van der Waals surface area contributed by atoms with Crippen LogP contribution in [0.1, 0.15) is 90.0 Å². The van der Waals surface area contributed by atoms with E-state index < -0.39 is 46.2 Å². The van der Waals surface area contributed by atoms with E-state index in [9.17, 15) is 27.2 Å². The van der Waals surface area contributed by atoms with Crippen molar-refractivity contribution in [3.63, 3.8) is 0 Å². The van der Waals surface area contributed by atoms with Gasteiger partial charge in [-0.2, -0.15) is 0 Å². The molecule has 0 saturated heterocycles. The van der Waals surface area contributed by atoms with Crippen LogP contribution in [0.4, 0.5) is 17.6 Å². The largest absolute Gasteiger partial charge is 0.462 e. The summed E-state index contributed by atoms with van der Waals surface area (Å²) < 4.78 is 62.8. The number of aromatic nitrogens is 4. The summed E-state index contributed by atoms with van der Waals surface area (Å²) in [7, 11) is 0. The Hall–Kier alpha value is -4.20. The van der Waals surface area contributed by atoms with E-state index in [4.69, 9.17) is 26.8 Å². The first-order chi connectivity index (χ1) is 23.4. The molecule has 2 N–H and O–H groups in total. The number of nitrogens with zero attached hydrogens (tertiary/aromatic N) is 4. The fourth-order valence-corrected chi connectivity index (χ4v) is 5.58. The third-order valence-electron chi connectivity index (χ3n) is 8.37. The molecule has 268 valence electrons. The van der Waals surface area contributed by atoms with Gasteiger partial charge in [-0.1, -0.05) is 18.6 Å². The van der Waals surface area contributed by atoms with Gasteiger partial charge in [-0.3, -0.25) is 0 Å². The molecule has 50 heavy (non-hydrogen) atoms. The van der Waals surface area contributed by atoms with E-state index in [0.717, 1.165) is 50.7 Å². The number of ether oxygens (including phenoxy) is 2. The number of hydrogen-bond donors (Lipinski definition) is 1. The smallest absolute Gasteiger partial charge is 0.341 e. The molecule has 4 aromatic rings. The number of halogens is 6. The minimum atomic E-state index is -0.583. The third kappa shape index (κ3) is 10.2. The van der Waals surface area contributed by atoms with Gasteiger partial charge in [0.05, 0.1) is 24.3 Å². The van der Waals surface area contributed by atoms with Gasteiger partial charge in [0.25, 0.3) is 0 Å². The van der Waals surface area contributed by atoms with Gasteiger partial charge in [-0.25, -0.2) is 47.1 Å². The van der Waals surface area contributed by atoms with Crippen LogP contribution in [-0.2, 0) is 26.8 Å². The SMILES string of the molecule is CCOC(=O)c1cnc(CC2(c3ccc(F)cc3F)CCC2)nc1.CCOC(=O)c1cnc(Cl)nc1.Cl.NC1(c2ccc(F)cc2F)CCC1. The molecule has 0 amide bonds. The predicted octanol–water partition coefficient (Wildman–Crippen LogP) is 7.63. The average Bonchev–Trinajstić information content (AvgIpc) is 3.03. The van der Waals surface area contributed by atoms with Gasteiger partial charge < -0.3 is 15.2 Å². The Balaban J connectivity index is 0.000000220. The lowest BCUT2D eigenvalue weighted by Gasteiger charge is -2.42. The van der Waals surface area contributed by atoms with E-state index in [-0.39, 0.29) is 29.9 Å². The number of carbonyl (C=O) groups excluding carboxylic acids is 2. The van der Waals surface area contributed by atoms with Gasteiger partial charge in [0, 0.05) is 59.9 Å². The first-order valence-corrected chi connectivity index (χ1v) is 16.1. The fraction of sp³-hybridized carbons (Fsp3) is 0.371. The minimum absolute atomic E-state index is 0. The standard InChI is InChI=1S/C18H18F2N2O2.C10H11F2N.C7H7ClN2O2.ClH/c1-2-24-17(23)12-10-21-16(22-11-12)9-18(6-3-7-18)14-5-4-13(19)8-15(14)20;11-7-2-3-8(9(12)6-7)10(13)4-1-5-10;1-2-12-6(11)5-3-9-7(8)10-4-5;/h4-5,8,10-11H,2-3,6-7,9H2,1H3;2-3,6H,1,4-5,13H2;3-4H,2H2,1H3;1H. The van der Waals surface area contributed by atoms with E-state index in [2.05, 4.69) is 19.9 Å². The Kier molecular flexibility index (Phi) is 14.6. The average molecular weight is 739 g/mol. The zero-order valence-corrected chi connectivity index (χ0v) is 29.0. The zero-order valence-electron chi connectivity index (χ0n) is 27.4. The van der Waals surface area contributed by atoms with Crippen LogP contribution in [0, 0.1) is 23.3 Å². The number of benzene rings is 2. The summed E-state index contributed by atoms with van der Waals surface area (Å²) >= 11 is 5.42. The second-order valence-corrected chi connectivity index (χ2v) is 12.0. The van der Waals surface area contributed by atoms with E-state index in [0.29, 0.717) is 35.5 Å². The van der Waals surface area contributed by atoms with Crippen molar-refractivity contribution in [2.75, 3.05) is 13.2 Å². The molecule has 6 rings (SSSR count). The highest BCUT2D eigenvalue weighted by atomic mass is 35.5. The number of hydrogen-bond acceptors (Lipinski definition) is 9. The molecule has 0 aliphatic heterocycles. The molecule has 0 radical (unpaired) electrons. The second-order valence-electron chi connectivity index (χ2n) is 11.6. The van der Waals surface area contributed by atoms with Crippen LogP contribution in [-0.4, -0.2) is 45.1 Å². The van der Waals surface area contributed by atoms with Crippen molar-refractivity contribution in [2.45, 2.75) is 69.7 Å². The Morgan fingerprint density at radius 2 is 1.18 bits per heavy atom. The Bertz CT molecular complexity index is 1740. The summed E-state index contributed by atoms with van der Waals surface area (Å²) in [5.74, 6) is -2.56. The lowest BCUT2D eigenvalue weighted by molar-refractivity contribution is 0.0515. The lowest BCUT2D eigenvalue weighted by atomic mass is 9.62. The summed E-state index contributed by atoms with van der Waals surface area (Å²) in [4.78, 5) is 38.3. The molecule has 2 aromatic carbocycles. The van der Waals surface area contributed by atoms with E-state index in [1.54, 1.807) is 13.8 Å². The molecule has 2 aliphatic rings. The van der Waals surface area contributed by atoms with Crippen molar-refractivity contribution in [3.8, 4) is 0 Å². The first-order valence-electron chi connectivity index (χ1n) is 15.7. The molecule has 2 saturated carbocycles. The molecule has 0 bridgehead atoms. The number of rotatable bonds is 8. The zero-order chi connectivity index (χ0) is 35.6. The second kappa shape index (κ2) is 18.2. The Morgan fingerprint density at radius 3 is 1.56 bits per heavy atom. The number of nitrogens with two attached hydrogens (primary N) is 1. The molecule has 2 aromatic heterocycles. The van der Waals surface area contributed by atoms with Crippen molar-refractivity contribution in [1.29, 1.82) is 0 Å². The van der Waals surface area contributed by atoms with Crippen LogP contribution >= 0.6 is 24.0 Å². The monoisotopic (exact) mass is 737 g/mol. The van der Waals surface area contributed by atoms with Crippen molar-refractivity contribution in [1.82, 2.24) is 19.9 Å². The summed E-state index contributed by atoms with van der Waals surface area (Å²) in [5.41, 5.74) is 6.52. The predicted molar refractivity (Wildman–Crippen MR) is 180 cm³/mol. The molecule has 0 unspecified atom stereocenters. The molecule has 2 aliphatic carbocycles. The van der Waals surface area contributed by atoms with Gasteiger partial charge in [0.1, 0.15) is 29.1 Å². The van der Waals surface area contributed by atoms with Crippen molar-refractivity contribution in [2.24, 2.45) is 5.73 Å². The maximum absolute atomic E-state index is 14.2. The molecule has 9 nitrogen and oxygen atoms in total.